The van der Waals surface area contributed by atoms with E-state index in [-0.39, 0.29) is 11.9 Å². The molecule has 204 valence electrons. The maximum atomic E-state index is 13.7. The van der Waals surface area contributed by atoms with Gasteiger partial charge in [-0.3, -0.25) is 4.79 Å². The lowest BCUT2D eigenvalue weighted by Crippen LogP contribution is -2.46. The smallest absolute Gasteiger partial charge is 0.254 e. The number of hydrogen-bond acceptors (Lipinski definition) is 5. The summed E-state index contributed by atoms with van der Waals surface area (Å²) >= 11 is 0. The second kappa shape index (κ2) is 13.7. The normalized spacial score (nSPS) is 17.3. The van der Waals surface area contributed by atoms with E-state index in [1.54, 1.807) is 7.11 Å². The van der Waals surface area contributed by atoms with E-state index in [1.165, 1.54) is 16.3 Å². The van der Waals surface area contributed by atoms with Gasteiger partial charge < -0.3 is 25.0 Å². The zero-order chi connectivity index (χ0) is 26.9. The molecule has 38 heavy (non-hydrogen) atoms. The van der Waals surface area contributed by atoms with Gasteiger partial charge in [-0.15, -0.1) is 0 Å². The van der Waals surface area contributed by atoms with Gasteiger partial charge in [-0.1, -0.05) is 49.4 Å². The number of carbonyl (C=O) groups excluding carboxylic acids is 1. The summed E-state index contributed by atoms with van der Waals surface area (Å²) in [6.07, 6.45) is 1.68. The Morgan fingerprint density at radius 3 is 2.63 bits per heavy atom. The summed E-state index contributed by atoms with van der Waals surface area (Å²) < 4.78 is 11.2. The van der Waals surface area contributed by atoms with Crippen LogP contribution in [-0.4, -0.2) is 62.8 Å². The van der Waals surface area contributed by atoms with Gasteiger partial charge in [0.15, 0.2) is 0 Å². The largest absolute Gasteiger partial charge is 0.493 e. The average Bonchev–Trinajstić information content (AvgIpc) is 3.39. The van der Waals surface area contributed by atoms with Crippen LogP contribution in [0.5, 0.6) is 5.75 Å². The molecule has 3 aromatic carbocycles. The third-order valence-electron chi connectivity index (χ3n) is 7.48. The fourth-order valence-electron chi connectivity index (χ4n) is 5.21. The number of nitrogens with zero attached hydrogens (tertiary/aromatic N) is 1. The van der Waals surface area contributed by atoms with Gasteiger partial charge in [0.2, 0.25) is 0 Å². The minimum atomic E-state index is 0.0598. The first kappa shape index (κ1) is 28.1. The molecule has 0 spiro atoms. The maximum absolute atomic E-state index is 13.7. The molecule has 0 aliphatic carbocycles. The Hall–Kier alpha value is -2.93. The Kier molecular flexibility index (Phi) is 10.2. The second-order valence-corrected chi connectivity index (χ2v) is 10.5. The van der Waals surface area contributed by atoms with Gasteiger partial charge >= 0.3 is 0 Å². The number of methoxy groups -OCH3 is 1. The van der Waals surface area contributed by atoms with Crippen LogP contribution in [0.25, 0.3) is 10.8 Å². The lowest BCUT2D eigenvalue weighted by Gasteiger charge is -2.32. The number of rotatable bonds is 13. The summed E-state index contributed by atoms with van der Waals surface area (Å²) in [5.74, 6) is 1.20. The van der Waals surface area contributed by atoms with Crippen molar-refractivity contribution < 1.29 is 14.3 Å². The monoisotopic (exact) mass is 517 g/mol. The molecule has 6 heteroatoms. The molecule has 1 amide bonds. The van der Waals surface area contributed by atoms with Crippen molar-refractivity contribution in [3.8, 4) is 5.75 Å². The summed E-state index contributed by atoms with van der Waals surface area (Å²) in [6.45, 7) is 10.9. The first-order chi connectivity index (χ1) is 18.5. The first-order valence-electron chi connectivity index (χ1n) is 14.0. The predicted molar refractivity (Wildman–Crippen MR) is 155 cm³/mol. The minimum absolute atomic E-state index is 0.0598. The lowest BCUT2D eigenvalue weighted by molar-refractivity contribution is 0.0668. The zero-order valence-corrected chi connectivity index (χ0v) is 23.3. The molecular weight excluding hydrogens is 474 g/mol. The molecular formula is C32H43N3O3. The van der Waals surface area contributed by atoms with Crippen LogP contribution >= 0.6 is 0 Å². The molecule has 2 N–H and O–H groups in total. The van der Waals surface area contributed by atoms with Gasteiger partial charge in [0.1, 0.15) is 5.75 Å². The Labute approximate surface area is 227 Å². The van der Waals surface area contributed by atoms with Crippen molar-refractivity contribution in [2.45, 2.75) is 52.2 Å². The van der Waals surface area contributed by atoms with E-state index in [0.29, 0.717) is 37.3 Å². The third-order valence-corrected chi connectivity index (χ3v) is 7.48. The highest BCUT2D eigenvalue weighted by Gasteiger charge is 2.31. The fourth-order valence-corrected chi connectivity index (χ4v) is 5.21. The summed E-state index contributed by atoms with van der Waals surface area (Å²) in [6, 6.07) is 21.4. The van der Waals surface area contributed by atoms with E-state index in [1.807, 2.05) is 23.1 Å². The number of nitrogens with one attached hydrogen (secondary N) is 2. The van der Waals surface area contributed by atoms with Crippen LogP contribution in [0.2, 0.25) is 0 Å². The summed E-state index contributed by atoms with van der Waals surface area (Å²) in [5, 5.41) is 9.83. The van der Waals surface area contributed by atoms with E-state index in [2.05, 4.69) is 73.9 Å². The highest BCUT2D eigenvalue weighted by Crippen LogP contribution is 2.24. The summed E-state index contributed by atoms with van der Waals surface area (Å²) in [7, 11) is 1.70. The van der Waals surface area contributed by atoms with Gasteiger partial charge in [-0.05, 0) is 60.4 Å². The van der Waals surface area contributed by atoms with Crippen molar-refractivity contribution >= 4 is 16.7 Å². The predicted octanol–water partition coefficient (Wildman–Crippen LogP) is 5.05. The Bertz CT molecular complexity index is 1200. The third kappa shape index (κ3) is 7.13. The number of hydrogen-bond donors (Lipinski definition) is 2. The molecule has 0 saturated carbocycles. The quantitative estimate of drug-likeness (QED) is 0.311. The Morgan fingerprint density at radius 2 is 1.87 bits per heavy atom. The lowest BCUT2D eigenvalue weighted by atomic mass is 10.00. The number of ether oxygens (including phenoxy) is 2. The molecule has 6 nitrogen and oxygen atoms in total. The van der Waals surface area contributed by atoms with Crippen molar-refractivity contribution in [2.24, 2.45) is 5.92 Å². The number of fused-ring (bicyclic) bond motifs is 1. The van der Waals surface area contributed by atoms with Crippen LogP contribution in [0.4, 0.5) is 0 Å². The second-order valence-electron chi connectivity index (χ2n) is 10.5. The standard InChI is InChI=1S/C32H43N3O3/c1-5-25-13-14-28(18-31(25)38-16-8-15-37-4)32(36)35(23(2)3)22-29-20-33-21-30(29)34-19-24-11-12-26-9-6-7-10-27(26)17-24/h6-7,9-14,17-18,23,29-30,33-34H,5,8,15-16,19-22H2,1-4H3/t29-,30+/m1/s1. The van der Waals surface area contributed by atoms with Crippen molar-refractivity contribution in [2.75, 3.05) is 40.0 Å². The van der Waals surface area contributed by atoms with Crippen LogP contribution in [-0.2, 0) is 17.7 Å². The van der Waals surface area contributed by atoms with E-state index in [0.717, 1.165) is 43.8 Å². The van der Waals surface area contributed by atoms with Crippen LogP contribution in [0.15, 0.2) is 60.7 Å². The zero-order valence-electron chi connectivity index (χ0n) is 23.3. The Balaban J connectivity index is 1.41. The first-order valence-corrected chi connectivity index (χ1v) is 14.0. The van der Waals surface area contributed by atoms with Crippen LogP contribution in [0.1, 0.15) is 48.7 Å². The minimum Gasteiger partial charge on any atom is -0.493 e. The van der Waals surface area contributed by atoms with Crippen LogP contribution < -0.4 is 15.4 Å². The molecule has 2 atom stereocenters. The van der Waals surface area contributed by atoms with Gasteiger partial charge in [0.25, 0.3) is 5.91 Å². The van der Waals surface area contributed by atoms with Crippen LogP contribution in [0.3, 0.4) is 0 Å². The van der Waals surface area contributed by atoms with Crippen molar-refractivity contribution in [3.63, 3.8) is 0 Å². The highest BCUT2D eigenvalue weighted by molar-refractivity contribution is 5.95. The van der Waals surface area contributed by atoms with E-state index in [9.17, 15) is 4.79 Å². The Morgan fingerprint density at radius 1 is 1.05 bits per heavy atom. The van der Waals surface area contributed by atoms with Gasteiger partial charge in [-0.2, -0.15) is 0 Å². The summed E-state index contributed by atoms with van der Waals surface area (Å²) in [5.41, 5.74) is 3.08. The number of aryl methyl sites for hydroxylation is 1. The SMILES string of the molecule is CCc1ccc(C(=O)N(C[C@H]2CNC[C@@H]2NCc2ccc3ccccc3c2)C(C)C)cc1OCCCOC. The van der Waals surface area contributed by atoms with Crippen molar-refractivity contribution in [1.82, 2.24) is 15.5 Å². The van der Waals surface area contributed by atoms with Gasteiger partial charge in [0.05, 0.1) is 6.61 Å². The highest BCUT2D eigenvalue weighted by atomic mass is 16.5. The molecule has 0 unspecified atom stereocenters. The molecule has 1 heterocycles. The number of amides is 1. The van der Waals surface area contributed by atoms with E-state index >= 15 is 0 Å². The van der Waals surface area contributed by atoms with Crippen molar-refractivity contribution in [1.29, 1.82) is 0 Å². The molecule has 3 aromatic rings. The molecule has 0 bridgehead atoms. The maximum Gasteiger partial charge on any atom is 0.254 e. The average molecular weight is 518 g/mol. The van der Waals surface area contributed by atoms with Crippen LogP contribution in [0, 0.1) is 5.92 Å². The topological polar surface area (TPSA) is 62.8 Å². The summed E-state index contributed by atoms with van der Waals surface area (Å²) in [4.78, 5) is 15.7. The van der Waals surface area contributed by atoms with Gasteiger partial charge in [0, 0.05) is 69.9 Å². The molecule has 4 rings (SSSR count). The molecule has 1 fully saturated rings. The van der Waals surface area contributed by atoms with E-state index in [4.69, 9.17) is 9.47 Å². The molecule has 1 aliphatic rings. The number of benzene rings is 3. The van der Waals surface area contributed by atoms with Crippen molar-refractivity contribution in [3.05, 3.63) is 77.4 Å². The molecule has 0 aromatic heterocycles. The molecule has 1 aliphatic heterocycles. The number of carbonyl (C=O) groups is 1. The van der Waals surface area contributed by atoms with Gasteiger partial charge in [-0.25, -0.2) is 0 Å². The van der Waals surface area contributed by atoms with E-state index < -0.39 is 0 Å². The fraction of sp³-hybridized carbons (Fsp3) is 0.469. The molecule has 1 saturated heterocycles. The molecule has 0 radical (unpaired) electrons.